The Morgan fingerprint density at radius 2 is 1.84 bits per heavy atom. The average Bonchev–Trinajstić information content (AvgIpc) is 2.79. The predicted molar refractivity (Wildman–Crippen MR) is 127 cm³/mol. The van der Waals surface area contributed by atoms with Gasteiger partial charge < -0.3 is 5.32 Å². The van der Waals surface area contributed by atoms with Gasteiger partial charge in [-0.15, -0.1) is 0 Å². The topological polar surface area (TPSA) is 42.0 Å². The van der Waals surface area contributed by atoms with Crippen LogP contribution in [0.2, 0.25) is 5.02 Å². The van der Waals surface area contributed by atoms with Crippen molar-refractivity contribution < 1.29 is 4.79 Å². The van der Waals surface area contributed by atoms with E-state index in [0.717, 1.165) is 40.1 Å². The van der Waals surface area contributed by atoms with Gasteiger partial charge in [-0.1, -0.05) is 71.9 Å². The van der Waals surface area contributed by atoms with Crippen molar-refractivity contribution in [1.82, 2.24) is 10.3 Å². The fraction of sp³-hybridized carbons (Fsp3) is 0.154. The Morgan fingerprint density at radius 3 is 2.74 bits per heavy atom. The Hall–Kier alpha value is -2.82. The first-order chi connectivity index (χ1) is 15.2. The number of benzene rings is 3. The van der Waals surface area contributed by atoms with E-state index in [4.69, 9.17) is 16.6 Å². The number of halogens is 1. The van der Waals surface area contributed by atoms with Crippen molar-refractivity contribution in [3.05, 3.63) is 101 Å². The summed E-state index contributed by atoms with van der Waals surface area (Å²) in [6.45, 7) is 0. The Balaban J connectivity index is 1.49. The Kier molecular flexibility index (Phi) is 5.66. The van der Waals surface area contributed by atoms with Crippen LogP contribution in [0.15, 0.2) is 88.8 Å². The summed E-state index contributed by atoms with van der Waals surface area (Å²) in [4.78, 5) is 19.2. The zero-order chi connectivity index (χ0) is 21.2. The monoisotopic (exact) mass is 444 g/mol. The third-order valence-corrected chi connectivity index (χ3v) is 6.77. The van der Waals surface area contributed by atoms with E-state index in [0.29, 0.717) is 10.6 Å². The number of carbonyl (C=O) groups excluding carboxylic acids is 1. The molecule has 5 rings (SSSR count). The highest BCUT2D eigenvalue weighted by Gasteiger charge is 2.23. The number of fused-ring (bicyclic) bond motifs is 2. The third kappa shape index (κ3) is 4.32. The highest BCUT2D eigenvalue weighted by molar-refractivity contribution is 7.99. The van der Waals surface area contributed by atoms with Gasteiger partial charge in [-0.05, 0) is 60.7 Å². The van der Waals surface area contributed by atoms with E-state index in [9.17, 15) is 4.79 Å². The highest BCUT2D eigenvalue weighted by atomic mass is 35.5. The number of nitrogens with zero attached hydrogens (tertiary/aromatic N) is 1. The molecule has 5 heteroatoms. The minimum Gasteiger partial charge on any atom is -0.345 e. The molecule has 0 saturated carbocycles. The molecule has 0 unspecified atom stereocenters. The number of amides is 1. The first kappa shape index (κ1) is 20.1. The van der Waals surface area contributed by atoms with Crippen LogP contribution in [0.3, 0.4) is 0 Å². The van der Waals surface area contributed by atoms with Crippen molar-refractivity contribution in [1.29, 1.82) is 0 Å². The molecule has 154 valence electrons. The molecule has 1 aliphatic carbocycles. The number of para-hydroxylation sites is 1. The molecule has 3 aromatic carbocycles. The minimum atomic E-state index is -0.0618. The highest BCUT2D eigenvalue weighted by Crippen LogP contribution is 2.33. The smallest absolute Gasteiger partial charge is 0.252 e. The summed E-state index contributed by atoms with van der Waals surface area (Å²) in [6, 6.07) is 25.8. The second-order valence-electron chi connectivity index (χ2n) is 7.70. The zero-order valence-electron chi connectivity index (χ0n) is 16.8. The summed E-state index contributed by atoms with van der Waals surface area (Å²) in [5.41, 5.74) is 4.02. The lowest BCUT2D eigenvalue weighted by Gasteiger charge is -2.26. The van der Waals surface area contributed by atoms with Crippen molar-refractivity contribution in [2.75, 3.05) is 0 Å². The molecule has 1 atom stereocenters. The van der Waals surface area contributed by atoms with Crippen LogP contribution < -0.4 is 5.32 Å². The predicted octanol–water partition coefficient (Wildman–Crippen LogP) is 6.85. The van der Waals surface area contributed by atoms with Crippen LogP contribution in [0.4, 0.5) is 0 Å². The van der Waals surface area contributed by atoms with E-state index in [1.807, 2.05) is 60.7 Å². The van der Waals surface area contributed by atoms with E-state index >= 15 is 0 Å². The van der Waals surface area contributed by atoms with Gasteiger partial charge in [0, 0.05) is 15.3 Å². The molecule has 1 N–H and O–H groups in total. The molecule has 0 aliphatic heterocycles. The van der Waals surface area contributed by atoms with Gasteiger partial charge in [0.05, 0.1) is 17.1 Å². The van der Waals surface area contributed by atoms with Gasteiger partial charge in [0.15, 0.2) is 0 Å². The van der Waals surface area contributed by atoms with Crippen molar-refractivity contribution >= 4 is 40.2 Å². The fourth-order valence-corrected chi connectivity index (χ4v) is 5.33. The second-order valence-corrected chi connectivity index (χ2v) is 9.23. The van der Waals surface area contributed by atoms with E-state index in [1.54, 1.807) is 0 Å². The van der Waals surface area contributed by atoms with Crippen molar-refractivity contribution in [3.63, 3.8) is 0 Å². The number of pyridine rings is 1. The summed E-state index contributed by atoms with van der Waals surface area (Å²) in [5, 5.41) is 5.60. The number of aryl methyl sites for hydroxylation is 1. The normalized spacial score (nSPS) is 15.5. The van der Waals surface area contributed by atoms with Gasteiger partial charge in [-0.3, -0.25) is 4.79 Å². The summed E-state index contributed by atoms with van der Waals surface area (Å²) in [5.74, 6) is -0.0618. The van der Waals surface area contributed by atoms with Crippen molar-refractivity contribution in [2.45, 2.75) is 35.2 Å². The van der Waals surface area contributed by atoms with Gasteiger partial charge in [0.1, 0.15) is 5.03 Å². The number of rotatable bonds is 4. The maximum Gasteiger partial charge on any atom is 0.252 e. The molecule has 31 heavy (non-hydrogen) atoms. The lowest BCUT2D eigenvalue weighted by molar-refractivity contribution is 0.0934. The first-order valence-electron chi connectivity index (χ1n) is 10.4. The zero-order valence-corrected chi connectivity index (χ0v) is 18.4. The molecule has 0 spiro atoms. The molecule has 1 amide bonds. The lowest BCUT2D eigenvalue weighted by Crippen LogP contribution is -2.31. The SMILES string of the molecule is O=C(N[C@H]1CCCc2ccccc21)c1cc(Sc2cccc(Cl)c2)nc2ccccc12. The largest absolute Gasteiger partial charge is 0.345 e. The summed E-state index contributed by atoms with van der Waals surface area (Å²) in [7, 11) is 0. The molecule has 1 aromatic heterocycles. The number of hydrogen-bond donors (Lipinski definition) is 1. The first-order valence-corrected chi connectivity index (χ1v) is 11.6. The quantitative estimate of drug-likeness (QED) is 0.374. The molecule has 3 nitrogen and oxygen atoms in total. The molecular weight excluding hydrogens is 424 g/mol. The van der Waals surface area contributed by atoms with Crippen LogP contribution in [-0.2, 0) is 6.42 Å². The molecule has 0 fully saturated rings. The van der Waals surface area contributed by atoms with Crippen LogP contribution in [0.5, 0.6) is 0 Å². The maximum absolute atomic E-state index is 13.4. The maximum atomic E-state index is 13.4. The van der Waals surface area contributed by atoms with Crippen LogP contribution in [0.25, 0.3) is 10.9 Å². The van der Waals surface area contributed by atoms with Gasteiger partial charge in [0.25, 0.3) is 5.91 Å². The average molecular weight is 445 g/mol. The lowest BCUT2D eigenvalue weighted by atomic mass is 9.87. The van der Waals surface area contributed by atoms with Crippen LogP contribution in [-0.4, -0.2) is 10.9 Å². The molecule has 1 heterocycles. The van der Waals surface area contributed by atoms with Gasteiger partial charge >= 0.3 is 0 Å². The second kappa shape index (κ2) is 8.74. The number of carbonyl (C=O) groups is 1. The van der Waals surface area contributed by atoms with E-state index in [-0.39, 0.29) is 11.9 Å². The van der Waals surface area contributed by atoms with Crippen molar-refractivity contribution in [2.24, 2.45) is 0 Å². The molecule has 0 saturated heterocycles. The Labute approximate surface area is 190 Å². The summed E-state index contributed by atoms with van der Waals surface area (Å²) >= 11 is 7.65. The van der Waals surface area contributed by atoms with E-state index in [2.05, 4.69) is 23.5 Å². The fourth-order valence-electron chi connectivity index (χ4n) is 4.18. The summed E-state index contributed by atoms with van der Waals surface area (Å²) in [6.07, 6.45) is 3.10. The molecule has 1 aliphatic rings. The Morgan fingerprint density at radius 1 is 1.00 bits per heavy atom. The van der Waals surface area contributed by atoms with Crippen LogP contribution in [0, 0.1) is 0 Å². The van der Waals surface area contributed by atoms with Crippen LogP contribution >= 0.6 is 23.4 Å². The van der Waals surface area contributed by atoms with Gasteiger partial charge in [0.2, 0.25) is 0 Å². The Bertz CT molecular complexity index is 1270. The molecule has 0 radical (unpaired) electrons. The van der Waals surface area contributed by atoms with E-state index in [1.165, 1.54) is 22.9 Å². The summed E-state index contributed by atoms with van der Waals surface area (Å²) < 4.78 is 0. The minimum absolute atomic E-state index is 0.0356. The number of hydrogen-bond acceptors (Lipinski definition) is 3. The number of nitrogens with one attached hydrogen (secondary N) is 1. The van der Waals surface area contributed by atoms with Crippen LogP contribution in [0.1, 0.15) is 40.4 Å². The van der Waals surface area contributed by atoms with Crippen molar-refractivity contribution in [3.8, 4) is 0 Å². The molecular formula is C26H21ClN2OS. The standard InChI is InChI=1S/C26H21ClN2OS/c27-18-9-6-10-19(15-18)31-25-16-22(21-12-3-4-13-24(21)28-25)26(30)29-23-14-5-8-17-7-1-2-11-20(17)23/h1-4,6-7,9-13,15-16,23H,5,8,14H2,(H,29,30)/t23-/m0/s1. The van der Waals surface area contributed by atoms with Gasteiger partial charge in [-0.2, -0.15) is 0 Å². The number of aromatic nitrogens is 1. The van der Waals surface area contributed by atoms with Gasteiger partial charge in [-0.25, -0.2) is 4.98 Å². The molecule has 4 aromatic rings. The third-order valence-electron chi connectivity index (χ3n) is 5.63. The van der Waals surface area contributed by atoms with E-state index < -0.39 is 0 Å². The molecule has 0 bridgehead atoms.